The van der Waals surface area contributed by atoms with Crippen LogP contribution in [0.3, 0.4) is 0 Å². The van der Waals surface area contributed by atoms with E-state index in [1.165, 1.54) is 12.4 Å². The Morgan fingerprint density at radius 2 is 1.18 bits per heavy atom. The molecule has 7 nitrogen and oxygen atoms in total. The monoisotopic (exact) mass is 632 g/mol. The Labute approximate surface area is 236 Å². The molecule has 0 fully saturated rings. The molecule has 2 amide bonds. The van der Waals surface area contributed by atoms with Crippen LogP contribution in [0.15, 0.2) is 110 Å². The maximum atomic E-state index is 12.4. The summed E-state index contributed by atoms with van der Waals surface area (Å²) in [5.74, 6) is -0.873. The number of halogens is 2. The standard InChI is InChI=1S/C29H22Br2N4O3/c30-25-10-4-8-21(15-25)28(37)34-32-17-23-13-20(12-19-6-2-1-3-7-19)14-24(27(23)36)18-33-35-29(38)22-9-5-11-26(31)16-22/h1-11,13-18,36H,12H2,(H,34,37)(H,35,38). The van der Waals surface area contributed by atoms with E-state index in [1.54, 1.807) is 48.5 Å². The number of carbonyl (C=O) groups excluding carboxylic acids is 2. The van der Waals surface area contributed by atoms with Crippen LogP contribution in [0.1, 0.15) is 43.0 Å². The molecule has 0 saturated heterocycles. The van der Waals surface area contributed by atoms with Crippen molar-refractivity contribution in [3.8, 4) is 5.75 Å². The second kappa shape index (κ2) is 12.9. The number of rotatable bonds is 8. The topological polar surface area (TPSA) is 103 Å². The highest BCUT2D eigenvalue weighted by atomic mass is 79.9. The van der Waals surface area contributed by atoms with Gasteiger partial charge in [0.2, 0.25) is 0 Å². The molecule has 4 rings (SSSR count). The molecular weight excluding hydrogens is 612 g/mol. The Balaban J connectivity index is 1.56. The minimum atomic E-state index is -0.389. The van der Waals surface area contributed by atoms with Crippen LogP contribution in [-0.4, -0.2) is 29.4 Å². The van der Waals surface area contributed by atoms with Crippen LogP contribution < -0.4 is 10.9 Å². The van der Waals surface area contributed by atoms with Crippen molar-refractivity contribution in [3.05, 3.63) is 133 Å². The molecule has 0 heterocycles. The number of benzene rings is 4. The van der Waals surface area contributed by atoms with Gasteiger partial charge < -0.3 is 5.11 Å². The van der Waals surface area contributed by atoms with Gasteiger partial charge >= 0.3 is 0 Å². The summed E-state index contributed by atoms with van der Waals surface area (Å²) in [7, 11) is 0. The fraction of sp³-hybridized carbons (Fsp3) is 0.0345. The molecule has 0 aliphatic rings. The van der Waals surface area contributed by atoms with Crippen molar-refractivity contribution in [1.82, 2.24) is 10.9 Å². The van der Waals surface area contributed by atoms with E-state index in [-0.39, 0.29) is 17.6 Å². The fourth-order valence-corrected chi connectivity index (χ4v) is 4.38. The second-order valence-electron chi connectivity index (χ2n) is 8.20. The molecule has 0 spiro atoms. The first-order chi connectivity index (χ1) is 18.4. The normalized spacial score (nSPS) is 11.1. The van der Waals surface area contributed by atoms with Gasteiger partial charge in [0.15, 0.2) is 0 Å². The van der Waals surface area contributed by atoms with Crippen molar-refractivity contribution in [2.24, 2.45) is 10.2 Å². The average molecular weight is 634 g/mol. The molecule has 0 unspecified atom stereocenters. The lowest BCUT2D eigenvalue weighted by atomic mass is 9.99. The zero-order valence-electron chi connectivity index (χ0n) is 19.9. The number of phenols is 1. The number of amides is 2. The summed E-state index contributed by atoms with van der Waals surface area (Å²) < 4.78 is 1.55. The van der Waals surface area contributed by atoms with Gasteiger partial charge in [-0.15, -0.1) is 0 Å². The van der Waals surface area contributed by atoms with Gasteiger partial charge in [-0.1, -0.05) is 74.3 Å². The lowest BCUT2D eigenvalue weighted by Crippen LogP contribution is -2.17. The highest BCUT2D eigenvalue weighted by Crippen LogP contribution is 2.24. The largest absolute Gasteiger partial charge is 0.507 e. The number of aromatic hydroxyl groups is 1. The number of nitrogens with zero attached hydrogens (tertiary/aromatic N) is 2. The number of hydrogen-bond acceptors (Lipinski definition) is 5. The van der Waals surface area contributed by atoms with Gasteiger partial charge in [0.25, 0.3) is 11.8 Å². The first-order valence-corrected chi connectivity index (χ1v) is 13.1. The van der Waals surface area contributed by atoms with Crippen LogP contribution in [-0.2, 0) is 6.42 Å². The van der Waals surface area contributed by atoms with E-state index in [9.17, 15) is 14.7 Å². The molecule has 0 radical (unpaired) electrons. The molecule has 190 valence electrons. The third-order valence-electron chi connectivity index (χ3n) is 5.39. The summed E-state index contributed by atoms with van der Waals surface area (Å²) in [6, 6.07) is 27.3. The maximum Gasteiger partial charge on any atom is 0.271 e. The molecule has 0 bridgehead atoms. The SMILES string of the molecule is O=C(NN=Cc1cc(Cc2ccccc2)cc(C=NNC(=O)c2cccc(Br)c2)c1O)c1cccc(Br)c1. The van der Waals surface area contributed by atoms with Crippen molar-refractivity contribution in [1.29, 1.82) is 0 Å². The molecule has 0 saturated carbocycles. The molecule has 0 aromatic heterocycles. The predicted octanol–water partition coefficient (Wildman–Crippen LogP) is 6.04. The van der Waals surface area contributed by atoms with Crippen LogP contribution in [0.5, 0.6) is 5.75 Å². The van der Waals surface area contributed by atoms with Crippen molar-refractivity contribution in [2.75, 3.05) is 0 Å². The van der Waals surface area contributed by atoms with Crippen LogP contribution in [0.25, 0.3) is 0 Å². The van der Waals surface area contributed by atoms with Gasteiger partial charge in [-0.3, -0.25) is 9.59 Å². The first-order valence-electron chi connectivity index (χ1n) is 11.5. The van der Waals surface area contributed by atoms with Gasteiger partial charge in [0, 0.05) is 31.2 Å². The highest BCUT2D eigenvalue weighted by Gasteiger charge is 2.10. The van der Waals surface area contributed by atoms with Gasteiger partial charge in [-0.2, -0.15) is 10.2 Å². The van der Waals surface area contributed by atoms with Gasteiger partial charge in [-0.25, -0.2) is 10.9 Å². The Bertz CT molecular complexity index is 1430. The summed E-state index contributed by atoms with van der Waals surface area (Å²) in [5, 5.41) is 19.0. The van der Waals surface area contributed by atoms with Crippen molar-refractivity contribution < 1.29 is 14.7 Å². The Hall–Kier alpha value is -4.08. The van der Waals surface area contributed by atoms with E-state index >= 15 is 0 Å². The summed E-state index contributed by atoms with van der Waals surface area (Å²) in [5.41, 5.74) is 8.55. The Morgan fingerprint density at radius 1 is 0.684 bits per heavy atom. The van der Waals surface area contributed by atoms with Crippen LogP contribution >= 0.6 is 31.9 Å². The quantitative estimate of drug-likeness (QED) is 0.163. The third kappa shape index (κ3) is 7.47. The van der Waals surface area contributed by atoms with Crippen molar-refractivity contribution in [2.45, 2.75) is 6.42 Å². The van der Waals surface area contributed by atoms with E-state index in [2.05, 4.69) is 52.9 Å². The summed E-state index contributed by atoms with van der Waals surface area (Å²) in [6.07, 6.45) is 3.34. The van der Waals surface area contributed by atoms with Crippen LogP contribution in [0.2, 0.25) is 0 Å². The molecule has 4 aromatic rings. The average Bonchev–Trinajstić information content (AvgIpc) is 2.91. The van der Waals surface area contributed by atoms with E-state index in [4.69, 9.17) is 0 Å². The third-order valence-corrected chi connectivity index (χ3v) is 6.38. The zero-order valence-corrected chi connectivity index (χ0v) is 23.1. The molecule has 0 aliphatic carbocycles. The number of carbonyl (C=O) groups is 2. The lowest BCUT2D eigenvalue weighted by Gasteiger charge is -2.09. The lowest BCUT2D eigenvalue weighted by molar-refractivity contribution is 0.0947. The van der Waals surface area contributed by atoms with Crippen molar-refractivity contribution in [3.63, 3.8) is 0 Å². The predicted molar refractivity (Wildman–Crippen MR) is 156 cm³/mol. The zero-order chi connectivity index (χ0) is 26.9. The van der Waals surface area contributed by atoms with Crippen LogP contribution in [0.4, 0.5) is 0 Å². The van der Waals surface area contributed by atoms with Gasteiger partial charge in [-0.05, 0) is 66.1 Å². The number of phenolic OH excluding ortho intramolecular Hbond substituents is 1. The van der Waals surface area contributed by atoms with Crippen molar-refractivity contribution >= 4 is 56.1 Å². The Morgan fingerprint density at radius 3 is 1.66 bits per heavy atom. The molecule has 0 aliphatic heterocycles. The summed E-state index contributed by atoms with van der Waals surface area (Å²) in [6.45, 7) is 0. The molecule has 9 heteroatoms. The fourth-order valence-electron chi connectivity index (χ4n) is 3.58. The van der Waals surface area contributed by atoms with Crippen LogP contribution in [0, 0.1) is 0 Å². The Kier molecular flexibility index (Phi) is 9.18. The minimum absolute atomic E-state index is 0.0947. The molecule has 4 aromatic carbocycles. The summed E-state index contributed by atoms with van der Waals surface area (Å²) >= 11 is 6.68. The maximum absolute atomic E-state index is 12.4. The minimum Gasteiger partial charge on any atom is -0.507 e. The van der Waals surface area contributed by atoms with Gasteiger partial charge in [0.05, 0.1) is 12.4 Å². The molecular formula is C29H22Br2N4O3. The van der Waals surface area contributed by atoms with E-state index in [1.807, 2.05) is 42.5 Å². The smallest absolute Gasteiger partial charge is 0.271 e. The second-order valence-corrected chi connectivity index (χ2v) is 10.0. The number of nitrogens with one attached hydrogen (secondary N) is 2. The van der Waals surface area contributed by atoms with E-state index in [0.717, 1.165) is 20.1 Å². The number of hydrogen-bond donors (Lipinski definition) is 3. The van der Waals surface area contributed by atoms with E-state index < -0.39 is 0 Å². The molecule has 38 heavy (non-hydrogen) atoms. The summed E-state index contributed by atoms with van der Waals surface area (Å²) in [4.78, 5) is 24.8. The highest BCUT2D eigenvalue weighted by molar-refractivity contribution is 9.10. The molecule has 3 N–H and O–H groups in total. The first kappa shape index (κ1) is 27.0. The van der Waals surface area contributed by atoms with E-state index in [0.29, 0.717) is 28.7 Å². The molecule has 0 atom stereocenters. The van der Waals surface area contributed by atoms with Gasteiger partial charge in [0.1, 0.15) is 5.75 Å². The number of hydrazone groups is 2.